The van der Waals surface area contributed by atoms with E-state index in [2.05, 4.69) is 19.9 Å². The molecule has 8 heteroatoms. The van der Waals surface area contributed by atoms with E-state index in [9.17, 15) is 20.1 Å². The Bertz CT molecular complexity index is 1100. The van der Waals surface area contributed by atoms with Crippen molar-refractivity contribution in [1.29, 1.82) is 0 Å². The van der Waals surface area contributed by atoms with Crippen molar-refractivity contribution < 1.29 is 29.2 Å². The van der Waals surface area contributed by atoms with Gasteiger partial charge in [0.25, 0.3) is 0 Å². The SMILES string of the molecule is C[C@]12CC[C@H](OC3OC[C@H](N)[C@@H](O)[C@@H]3O)C=C1CCC1C2CC[C@]2(C)[C@@H](c3ccc(=O)oc3)CC[C@]12O. The first-order chi connectivity index (χ1) is 17.6. The Morgan fingerprint density at radius 2 is 1.84 bits per heavy atom. The second kappa shape index (κ2) is 9.00. The van der Waals surface area contributed by atoms with Gasteiger partial charge in [-0.15, -0.1) is 0 Å². The zero-order valence-electron chi connectivity index (χ0n) is 21.8. The smallest absolute Gasteiger partial charge is 0.335 e. The number of aliphatic hydroxyl groups excluding tert-OH is 2. The fraction of sp³-hybridized carbons (Fsp3) is 0.759. The molecule has 0 aromatic carbocycles. The summed E-state index contributed by atoms with van der Waals surface area (Å²) in [7, 11) is 0. The van der Waals surface area contributed by atoms with Crippen molar-refractivity contribution in [3.05, 3.63) is 46.0 Å². The molecule has 3 saturated carbocycles. The van der Waals surface area contributed by atoms with Gasteiger partial charge in [0, 0.05) is 11.5 Å². The maximum Gasteiger partial charge on any atom is 0.335 e. The highest BCUT2D eigenvalue weighted by Crippen LogP contribution is 2.70. The van der Waals surface area contributed by atoms with Gasteiger partial charge in [0.05, 0.1) is 30.6 Å². The van der Waals surface area contributed by atoms with E-state index in [1.807, 2.05) is 6.07 Å². The first-order valence-electron chi connectivity index (χ1n) is 14.0. The summed E-state index contributed by atoms with van der Waals surface area (Å²) in [6.07, 6.45) is 7.83. The quantitative estimate of drug-likeness (QED) is 0.451. The first-order valence-corrected chi connectivity index (χ1v) is 14.0. The number of nitrogens with two attached hydrogens (primary N) is 1. The molecule has 0 amide bonds. The lowest BCUT2D eigenvalue weighted by Gasteiger charge is -2.62. The third-order valence-corrected chi connectivity index (χ3v) is 11.2. The van der Waals surface area contributed by atoms with E-state index in [4.69, 9.17) is 19.6 Å². The highest BCUT2D eigenvalue weighted by Gasteiger charge is 2.66. The maximum absolute atomic E-state index is 12.4. The Kier molecular flexibility index (Phi) is 6.25. The third-order valence-electron chi connectivity index (χ3n) is 11.2. The summed E-state index contributed by atoms with van der Waals surface area (Å²) in [5.41, 5.74) is 6.88. The number of hydrogen-bond donors (Lipinski definition) is 4. The van der Waals surface area contributed by atoms with Crippen LogP contribution in [0.15, 0.2) is 39.3 Å². The summed E-state index contributed by atoms with van der Waals surface area (Å²) in [4.78, 5) is 11.5. The molecule has 0 spiro atoms. The van der Waals surface area contributed by atoms with Crippen molar-refractivity contribution in [3.8, 4) is 0 Å². The van der Waals surface area contributed by atoms with Crippen LogP contribution in [-0.4, -0.2) is 58.2 Å². The maximum atomic E-state index is 12.4. The summed E-state index contributed by atoms with van der Waals surface area (Å²) in [6.45, 7) is 4.77. The standard InChI is InChI=1S/C29H41NO7/c1-27-10-7-18(37-26-25(33)24(32)22(30)15-36-26)13-17(27)4-5-21-20(27)8-11-28(2)19(9-12-29(21,28)34)16-3-6-23(31)35-14-16/h3,6,13-14,18-22,24-26,32-34H,4-5,7-12,15,30H2,1-2H3/t18-,19+,20?,21?,22-,24+,25-,26?,27-,28+,29-/m0/s1. The number of ether oxygens (including phenoxy) is 2. The van der Waals surface area contributed by atoms with Crippen LogP contribution >= 0.6 is 0 Å². The fourth-order valence-electron chi connectivity index (χ4n) is 8.98. The molecule has 2 heterocycles. The third kappa shape index (κ3) is 3.82. The Morgan fingerprint density at radius 3 is 2.59 bits per heavy atom. The van der Waals surface area contributed by atoms with E-state index in [1.54, 1.807) is 6.26 Å². The Labute approximate surface area is 217 Å². The van der Waals surface area contributed by atoms with Crippen LogP contribution in [0.4, 0.5) is 0 Å². The molecule has 1 aromatic heterocycles. The molecule has 1 aromatic rings. The van der Waals surface area contributed by atoms with Gasteiger partial charge >= 0.3 is 5.63 Å². The molecule has 204 valence electrons. The summed E-state index contributed by atoms with van der Waals surface area (Å²) >= 11 is 0. The van der Waals surface area contributed by atoms with Crippen molar-refractivity contribution in [1.82, 2.24) is 0 Å². The molecule has 4 fully saturated rings. The zero-order valence-corrected chi connectivity index (χ0v) is 21.8. The van der Waals surface area contributed by atoms with Crippen LogP contribution in [0, 0.1) is 22.7 Å². The number of hydrogen-bond acceptors (Lipinski definition) is 8. The van der Waals surface area contributed by atoms with Crippen LogP contribution < -0.4 is 11.4 Å². The lowest BCUT2D eigenvalue weighted by molar-refractivity contribution is -0.259. The number of allylic oxidation sites excluding steroid dienone is 1. The van der Waals surface area contributed by atoms with E-state index < -0.39 is 30.1 Å². The van der Waals surface area contributed by atoms with Crippen LogP contribution in [0.25, 0.3) is 0 Å². The minimum atomic E-state index is -1.16. The fourth-order valence-corrected chi connectivity index (χ4v) is 8.98. The minimum absolute atomic E-state index is 0.00533. The molecule has 1 aliphatic heterocycles. The van der Waals surface area contributed by atoms with Gasteiger partial charge in [-0.2, -0.15) is 0 Å². The van der Waals surface area contributed by atoms with Crippen LogP contribution in [0.3, 0.4) is 0 Å². The van der Waals surface area contributed by atoms with Crippen LogP contribution in [0.1, 0.15) is 76.7 Å². The van der Waals surface area contributed by atoms with Gasteiger partial charge in [-0.3, -0.25) is 0 Å². The highest BCUT2D eigenvalue weighted by molar-refractivity contribution is 5.31. The van der Waals surface area contributed by atoms with Gasteiger partial charge in [-0.25, -0.2) is 4.79 Å². The van der Waals surface area contributed by atoms with Gasteiger partial charge in [0.15, 0.2) is 6.29 Å². The molecule has 5 N–H and O–H groups in total. The molecule has 4 aliphatic carbocycles. The largest absolute Gasteiger partial charge is 0.431 e. The van der Waals surface area contributed by atoms with E-state index in [-0.39, 0.29) is 41.0 Å². The van der Waals surface area contributed by atoms with Gasteiger partial charge in [0.1, 0.15) is 12.2 Å². The van der Waals surface area contributed by atoms with E-state index in [0.29, 0.717) is 5.92 Å². The van der Waals surface area contributed by atoms with Crippen molar-refractivity contribution in [2.75, 3.05) is 6.61 Å². The van der Waals surface area contributed by atoms with Gasteiger partial charge in [-0.1, -0.05) is 25.5 Å². The average molecular weight is 516 g/mol. The predicted octanol–water partition coefficient (Wildman–Crippen LogP) is 2.59. The molecule has 5 aliphatic rings. The van der Waals surface area contributed by atoms with Crippen molar-refractivity contribution in [2.24, 2.45) is 28.4 Å². The Hall–Kier alpha value is -1.55. The average Bonchev–Trinajstić information content (AvgIpc) is 3.16. The Morgan fingerprint density at radius 1 is 1.03 bits per heavy atom. The van der Waals surface area contributed by atoms with Crippen LogP contribution in [0.5, 0.6) is 0 Å². The number of fused-ring (bicyclic) bond motifs is 5. The lowest BCUT2D eigenvalue weighted by Crippen LogP contribution is -2.60. The first kappa shape index (κ1) is 25.7. The molecule has 8 nitrogen and oxygen atoms in total. The molecular formula is C29H41NO7. The molecule has 0 radical (unpaired) electrons. The normalized spacial score (nSPS) is 49.5. The monoisotopic (exact) mass is 515 g/mol. The second-order valence-electron chi connectivity index (χ2n) is 12.8. The molecule has 37 heavy (non-hydrogen) atoms. The summed E-state index contributed by atoms with van der Waals surface area (Å²) < 4.78 is 16.9. The lowest BCUT2D eigenvalue weighted by atomic mass is 9.45. The molecular weight excluding hydrogens is 474 g/mol. The van der Waals surface area contributed by atoms with Crippen molar-refractivity contribution in [2.45, 2.75) is 107 Å². The molecule has 3 unspecified atom stereocenters. The summed E-state index contributed by atoms with van der Waals surface area (Å²) in [5, 5.41) is 32.9. The topological polar surface area (TPSA) is 135 Å². The highest BCUT2D eigenvalue weighted by atomic mass is 16.7. The molecule has 0 bridgehead atoms. The van der Waals surface area contributed by atoms with Gasteiger partial charge < -0.3 is 34.9 Å². The number of aliphatic hydroxyl groups is 3. The van der Waals surface area contributed by atoms with Crippen molar-refractivity contribution >= 4 is 0 Å². The van der Waals surface area contributed by atoms with Crippen LogP contribution in [0.2, 0.25) is 0 Å². The van der Waals surface area contributed by atoms with Crippen molar-refractivity contribution in [3.63, 3.8) is 0 Å². The van der Waals surface area contributed by atoms with E-state index >= 15 is 0 Å². The van der Waals surface area contributed by atoms with Gasteiger partial charge in [-0.05, 0) is 86.2 Å². The van der Waals surface area contributed by atoms with Gasteiger partial charge in [0.2, 0.25) is 0 Å². The zero-order chi connectivity index (χ0) is 26.2. The summed E-state index contributed by atoms with van der Waals surface area (Å²) in [5.74, 6) is 0.809. The Balaban J connectivity index is 1.21. The predicted molar refractivity (Wildman–Crippen MR) is 135 cm³/mol. The van der Waals surface area contributed by atoms with Crippen LogP contribution in [-0.2, 0) is 9.47 Å². The second-order valence-corrected chi connectivity index (χ2v) is 12.8. The van der Waals surface area contributed by atoms with E-state index in [1.165, 1.54) is 11.6 Å². The minimum Gasteiger partial charge on any atom is -0.431 e. The molecule has 6 rings (SSSR count). The van der Waals surface area contributed by atoms with E-state index in [0.717, 1.165) is 56.9 Å². The molecule has 11 atom stereocenters. The summed E-state index contributed by atoms with van der Waals surface area (Å²) in [6, 6.07) is 2.76. The molecule has 1 saturated heterocycles. The number of rotatable bonds is 3.